The largest absolute Gasteiger partial charge is 0.490 e. The van der Waals surface area contributed by atoms with E-state index in [4.69, 9.17) is 10.5 Å². The highest BCUT2D eigenvalue weighted by atomic mass is 16.5. The van der Waals surface area contributed by atoms with E-state index in [9.17, 15) is 9.59 Å². The third kappa shape index (κ3) is 3.55. The van der Waals surface area contributed by atoms with Gasteiger partial charge in [-0.15, -0.1) is 0 Å². The first-order chi connectivity index (χ1) is 12.0. The summed E-state index contributed by atoms with van der Waals surface area (Å²) < 4.78 is 5.74. The second-order valence-corrected chi connectivity index (χ2v) is 6.12. The van der Waals surface area contributed by atoms with E-state index in [0.717, 1.165) is 22.4 Å². The van der Waals surface area contributed by atoms with E-state index >= 15 is 0 Å². The van der Waals surface area contributed by atoms with Crippen LogP contribution < -0.4 is 15.8 Å². The summed E-state index contributed by atoms with van der Waals surface area (Å²) in [5.74, 6) is 0.202. The highest BCUT2D eigenvalue weighted by molar-refractivity contribution is 5.94. The minimum absolute atomic E-state index is 0.149. The quantitative estimate of drug-likeness (QED) is 0.842. The van der Waals surface area contributed by atoms with Gasteiger partial charge in [-0.3, -0.25) is 9.59 Å². The number of carbonyl (C=O) groups excluding carboxylic acids is 2. The third-order valence-electron chi connectivity index (χ3n) is 4.42. The van der Waals surface area contributed by atoms with E-state index in [1.165, 1.54) is 11.6 Å². The van der Waals surface area contributed by atoms with Gasteiger partial charge in [-0.2, -0.15) is 0 Å². The van der Waals surface area contributed by atoms with Crippen molar-refractivity contribution in [2.24, 2.45) is 5.73 Å². The van der Waals surface area contributed by atoms with Gasteiger partial charge in [-0.05, 0) is 48.7 Å². The van der Waals surface area contributed by atoms with Gasteiger partial charge in [0.15, 0.2) is 0 Å². The zero-order valence-corrected chi connectivity index (χ0v) is 14.2. The summed E-state index contributed by atoms with van der Waals surface area (Å²) >= 11 is 0. The number of rotatable bonds is 4. The van der Waals surface area contributed by atoms with Gasteiger partial charge in [0.2, 0.25) is 11.8 Å². The van der Waals surface area contributed by atoms with Gasteiger partial charge in [-0.1, -0.05) is 24.3 Å². The first-order valence-electron chi connectivity index (χ1n) is 8.07. The number of hydrogen-bond donors (Lipinski definition) is 2. The molecule has 25 heavy (non-hydrogen) atoms. The zero-order chi connectivity index (χ0) is 18.0. The lowest BCUT2D eigenvalue weighted by atomic mass is 10.0. The lowest BCUT2D eigenvalue weighted by molar-refractivity contribution is -0.117. The molecule has 128 valence electrons. The molecule has 0 radical (unpaired) electrons. The highest BCUT2D eigenvalue weighted by Crippen LogP contribution is 2.36. The van der Waals surface area contributed by atoms with Crippen LogP contribution in [0.3, 0.4) is 0 Å². The fraction of sp³-hybridized carbons (Fsp3) is 0.200. The molecule has 0 fully saturated rings. The van der Waals surface area contributed by atoms with Crippen LogP contribution in [0.2, 0.25) is 0 Å². The molecule has 1 aliphatic rings. The van der Waals surface area contributed by atoms with Crippen LogP contribution in [0.1, 0.15) is 38.7 Å². The molecule has 5 nitrogen and oxygen atoms in total. The molecule has 0 aliphatic carbocycles. The lowest BCUT2D eigenvalue weighted by Gasteiger charge is -2.10. The van der Waals surface area contributed by atoms with Crippen molar-refractivity contribution < 1.29 is 14.3 Å². The average Bonchev–Trinajstić information content (AvgIpc) is 3.00. The number of amides is 2. The molecule has 3 rings (SSSR count). The number of fused-ring (bicyclic) bond motifs is 1. The van der Waals surface area contributed by atoms with Gasteiger partial charge in [0.05, 0.1) is 6.04 Å². The van der Waals surface area contributed by atoms with Crippen LogP contribution in [0.4, 0.5) is 0 Å². The minimum Gasteiger partial charge on any atom is -0.490 e. The molecule has 0 spiro atoms. The summed E-state index contributed by atoms with van der Waals surface area (Å²) in [5, 5.41) is 2.96. The predicted octanol–water partition coefficient (Wildman–Crippen LogP) is 2.67. The number of nitrogens with one attached hydrogen (secondary N) is 1. The molecule has 0 aromatic heterocycles. The predicted molar refractivity (Wildman–Crippen MR) is 96.3 cm³/mol. The van der Waals surface area contributed by atoms with Crippen LogP contribution in [0.5, 0.6) is 5.75 Å². The molecule has 3 N–H and O–H groups in total. The molecule has 0 saturated heterocycles. The van der Waals surface area contributed by atoms with Crippen LogP contribution in [0.25, 0.3) is 6.08 Å². The molecule has 1 aliphatic heterocycles. The average molecular weight is 336 g/mol. The van der Waals surface area contributed by atoms with Crippen LogP contribution >= 0.6 is 0 Å². The summed E-state index contributed by atoms with van der Waals surface area (Å²) in [6.07, 6.45) is 3.16. The van der Waals surface area contributed by atoms with Crippen molar-refractivity contribution in [3.05, 3.63) is 70.3 Å². The monoisotopic (exact) mass is 336 g/mol. The van der Waals surface area contributed by atoms with Crippen LogP contribution in [0, 0.1) is 13.8 Å². The van der Waals surface area contributed by atoms with Gasteiger partial charge in [0, 0.05) is 17.2 Å². The Morgan fingerprint density at radius 2 is 1.88 bits per heavy atom. The molecule has 2 amide bonds. The Labute approximate surface area is 146 Å². The lowest BCUT2D eigenvalue weighted by Crippen LogP contribution is -2.27. The normalized spacial score (nSPS) is 15.7. The smallest absolute Gasteiger partial charge is 0.248 e. The Hall–Kier alpha value is -3.08. The van der Waals surface area contributed by atoms with Crippen molar-refractivity contribution in [3.8, 4) is 5.75 Å². The molecule has 1 unspecified atom stereocenters. The molecule has 1 atom stereocenters. The van der Waals surface area contributed by atoms with Crippen molar-refractivity contribution in [3.63, 3.8) is 0 Å². The summed E-state index contributed by atoms with van der Waals surface area (Å²) in [4.78, 5) is 23.2. The van der Waals surface area contributed by atoms with Crippen molar-refractivity contribution in [2.75, 3.05) is 6.61 Å². The zero-order valence-electron chi connectivity index (χ0n) is 14.2. The van der Waals surface area contributed by atoms with E-state index in [0.29, 0.717) is 12.2 Å². The molecule has 1 heterocycles. The fourth-order valence-electron chi connectivity index (χ4n) is 2.80. The molecule has 2 aromatic carbocycles. The number of hydrogen-bond acceptors (Lipinski definition) is 3. The van der Waals surface area contributed by atoms with E-state index in [-0.39, 0.29) is 11.9 Å². The number of ether oxygens (including phenoxy) is 1. The van der Waals surface area contributed by atoms with Gasteiger partial charge in [-0.25, -0.2) is 0 Å². The van der Waals surface area contributed by atoms with Crippen LogP contribution in [-0.2, 0) is 4.79 Å². The van der Waals surface area contributed by atoms with Crippen molar-refractivity contribution in [1.29, 1.82) is 0 Å². The maximum absolute atomic E-state index is 12.2. The Morgan fingerprint density at radius 3 is 2.56 bits per heavy atom. The van der Waals surface area contributed by atoms with Gasteiger partial charge < -0.3 is 15.8 Å². The SMILES string of the molecule is Cc1ccc2c(c1C)OCC2NC(=O)/C=C/c1ccc(C(N)=O)cc1. The molecule has 0 saturated carbocycles. The van der Waals surface area contributed by atoms with Gasteiger partial charge in [0.1, 0.15) is 12.4 Å². The van der Waals surface area contributed by atoms with Crippen molar-refractivity contribution >= 4 is 17.9 Å². The first-order valence-corrected chi connectivity index (χ1v) is 8.07. The standard InChI is InChI=1S/C20H20N2O3/c1-12-3-9-16-17(11-25-19(16)13(12)2)22-18(23)10-6-14-4-7-15(8-5-14)20(21)24/h3-10,17H,11H2,1-2H3,(H2,21,24)(H,22,23)/b10-6+. The summed E-state index contributed by atoms with van der Waals surface area (Å²) in [6.45, 7) is 4.50. The molecule has 0 bridgehead atoms. The number of aryl methyl sites for hydroxylation is 1. The molecular formula is C20H20N2O3. The maximum Gasteiger partial charge on any atom is 0.248 e. The number of nitrogens with two attached hydrogens (primary N) is 1. The second kappa shape index (κ2) is 6.81. The van der Waals surface area contributed by atoms with E-state index in [2.05, 4.69) is 5.32 Å². The van der Waals surface area contributed by atoms with Crippen LogP contribution in [0.15, 0.2) is 42.5 Å². The number of carbonyl (C=O) groups is 2. The van der Waals surface area contributed by atoms with Gasteiger partial charge >= 0.3 is 0 Å². The summed E-state index contributed by atoms with van der Waals surface area (Å²) in [7, 11) is 0. The summed E-state index contributed by atoms with van der Waals surface area (Å²) in [5.41, 5.74) is 9.75. The van der Waals surface area contributed by atoms with Crippen LogP contribution in [-0.4, -0.2) is 18.4 Å². The van der Waals surface area contributed by atoms with E-state index in [1.807, 2.05) is 26.0 Å². The molecular weight excluding hydrogens is 316 g/mol. The Bertz CT molecular complexity index is 854. The highest BCUT2D eigenvalue weighted by Gasteiger charge is 2.26. The third-order valence-corrected chi connectivity index (χ3v) is 4.42. The second-order valence-electron chi connectivity index (χ2n) is 6.12. The Morgan fingerprint density at radius 1 is 1.16 bits per heavy atom. The molecule has 5 heteroatoms. The van der Waals surface area contributed by atoms with E-state index in [1.54, 1.807) is 30.3 Å². The van der Waals surface area contributed by atoms with Crippen molar-refractivity contribution in [2.45, 2.75) is 19.9 Å². The Kier molecular flexibility index (Phi) is 4.57. The first kappa shape index (κ1) is 16.8. The Balaban J connectivity index is 1.66. The minimum atomic E-state index is -0.473. The number of benzene rings is 2. The maximum atomic E-state index is 12.2. The topological polar surface area (TPSA) is 81.4 Å². The number of primary amides is 1. The van der Waals surface area contributed by atoms with E-state index < -0.39 is 5.91 Å². The van der Waals surface area contributed by atoms with Crippen molar-refractivity contribution in [1.82, 2.24) is 5.32 Å². The van der Waals surface area contributed by atoms with Gasteiger partial charge in [0.25, 0.3) is 0 Å². The summed E-state index contributed by atoms with van der Waals surface area (Å²) in [6, 6.07) is 10.6. The molecule has 2 aromatic rings. The fourth-order valence-corrected chi connectivity index (χ4v) is 2.80.